The van der Waals surface area contributed by atoms with E-state index in [4.69, 9.17) is 0 Å². The molecule has 0 radical (unpaired) electrons. The maximum Gasteiger partial charge on any atom is 0.387 e. The van der Waals surface area contributed by atoms with Gasteiger partial charge in [-0.3, -0.25) is 4.79 Å². The first-order valence-corrected chi connectivity index (χ1v) is 8.29. The van der Waals surface area contributed by atoms with Crippen LogP contribution < -0.4 is 10.1 Å². The van der Waals surface area contributed by atoms with Gasteiger partial charge in [-0.25, -0.2) is 0 Å². The van der Waals surface area contributed by atoms with E-state index in [2.05, 4.69) is 27.6 Å². The van der Waals surface area contributed by atoms with E-state index in [1.165, 1.54) is 39.9 Å². The quantitative estimate of drug-likeness (QED) is 0.714. The van der Waals surface area contributed by atoms with E-state index in [-0.39, 0.29) is 11.7 Å². The lowest BCUT2D eigenvalue weighted by Gasteiger charge is -2.07. The van der Waals surface area contributed by atoms with Crippen LogP contribution in [0.5, 0.6) is 5.75 Å². The van der Waals surface area contributed by atoms with Gasteiger partial charge in [0.2, 0.25) is 0 Å². The van der Waals surface area contributed by atoms with Crippen molar-refractivity contribution in [3.8, 4) is 5.75 Å². The first-order valence-electron chi connectivity index (χ1n) is 7.41. The number of fused-ring (bicyclic) bond motifs is 1. The highest BCUT2D eigenvalue weighted by atomic mass is 32.1. The molecule has 1 heterocycles. The van der Waals surface area contributed by atoms with Gasteiger partial charge in [0, 0.05) is 16.8 Å². The fourth-order valence-electron chi connectivity index (χ4n) is 2.43. The molecule has 1 amide bonds. The molecule has 1 aromatic heterocycles. The third kappa shape index (κ3) is 3.89. The first kappa shape index (κ1) is 16.4. The number of rotatable bonds is 6. The van der Waals surface area contributed by atoms with Crippen LogP contribution in [0.15, 0.2) is 53.9 Å². The predicted molar refractivity (Wildman–Crippen MR) is 90.9 cm³/mol. The number of amides is 1. The second kappa shape index (κ2) is 7.40. The van der Waals surface area contributed by atoms with Gasteiger partial charge in [-0.15, -0.1) is 11.3 Å². The molecule has 0 spiro atoms. The minimum absolute atomic E-state index is 0.0336. The maximum atomic E-state index is 12.1. The molecule has 124 valence electrons. The molecule has 0 fully saturated rings. The lowest BCUT2D eigenvalue weighted by molar-refractivity contribution is -0.0498. The Morgan fingerprint density at radius 2 is 1.88 bits per heavy atom. The normalized spacial score (nSPS) is 11.0. The zero-order valence-corrected chi connectivity index (χ0v) is 13.5. The summed E-state index contributed by atoms with van der Waals surface area (Å²) < 4.78 is 29.7. The second-order valence-corrected chi connectivity index (χ2v) is 6.08. The van der Waals surface area contributed by atoms with Crippen LogP contribution in [0.25, 0.3) is 10.1 Å². The molecule has 0 saturated heterocycles. The lowest BCUT2D eigenvalue weighted by atomic mass is 10.1. The van der Waals surface area contributed by atoms with Gasteiger partial charge < -0.3 is 10.1 Å². The van der Waals surface area contributed by atoms with Gasteiger partial charge in [0.25, 0.3) is 5.91 Å². The van der Waals surface area contributed by atoms with Gasteiger partial charge in [0.05, 0.1) is 0 Å². The fraction of sp³-hybridized carbons (Fsp3) is 0.167. The Bertz CT molecular complexity index is 830. The Morgan fingerprint density at radius 3 is 2.62 bits per heavy atom. The molecule has 3 nitrogen and oxygen atoms in total. The Balaban J connectivity index is 1.55. The Morgan fingerprint density at radius 1 is 1.12 bits per heavy atom. The van der Waals surface area contributed by atoms with Gasteiger partial charge in [-0.05, 0) is 53.1 Å². The molecule has 3 aromatic rings. The third-order valence-corrected chi connectivity index (χ3v) is 4.60. The zero-order chi connectivity index (χ0) is 16.9. The van der Waals surface area contributed by atoms with Crippen molar-refractivity contribution in [2.24, 2.45) is 0 Å². The van der Waals surface area contributed by atoms with Crippen molar-refractivity contribution in [2.45, 2.75) is 13.0 Å². The number of hydrogen-bond acceptors (Lipinski definition) is 3. The van der Waals surface area contributed by atoms with Gasteiger partial charge in [0.15, 0.2) is 0 Å². The molecule has 2 aromatic carbocycles. The number of halogens is 2. The number of carbonyl (C=O) groups excluding carboxylic acids is 1. The molecule has 0 saturated carbocycles. The highest BCUT2D eigenvalue weighted by Crippen LogP contribution is 2.25. The molecule has 0 aliphatic carbocycles. The van der Waals surface area contributed by atoms with Gasteiger partial charge >= 0.3 is 6.61 Å². The van der Waals surface area contributed by atoms with Crippen LogP contribution in [0.3, 0.4) is 0 Å². The van der Waals surface area contributed by atoms with Crippen LogP contribution in [-0.4, -0.2) is 19.1 Å². The number of benzene rings is 2. The molecule has 24 heavy (non-hydrogen) atoms. The van der Waals surface area contributed by atoms with Crippen molar-refractivity contribution in [3.63, 3.8) is 0 Å². The summed E-state index contributed by atoms with van der Waals surface area (Å²) in [5.41, 5.74) is 1.61. The summed E-state index contributed by atoms with van der Waals surface area (Å²) in [6.45, 7) is -2.36. The average Bonchev–Trinajstić information content (AvgIpc) is 2.98. The van der Waals surface area contributed by atoms with E-state index >= 15 is 0 Å². The minimum Gasteiger partial charge on any atom is -0.435 e. The Kier molecular flexibility index (Phi) is 5.05. The zero-order valence-electron chi connectivity index (χ0n) is 12.7. The molecule has 0 atom stereocenters. The number of ether oxygens (including phenoxy) is 1. The van der Waals surface area contributed by atoms with Crippen molar-refractivity contribution >= 4 is 27.3 Å². The fourth-order valence-corrected chi connectivity index (χ4v) is 3.42. The number of hydrogen-bond donors (Lipinski definition) is 1. The summed E-state index contributed by atoms with van der Waals surface area (Å²) in [6.07, 6.45) is 0.738. The molecule has 0 aliphatic rings. The number of thiophene rings is 1. The first-order chi connectivity index (χ1) is 11.6. The van der Waals surface area contributed by atoms with Crippen LogP contribution in [0, 0.1) is 0 Å². The summed E-state index contributed by atoms with van der Waals surface area (Å²) in [5.74, 6) is -0.204. The number of carbonyl (C=O) groups is 1. The van der Waals surface area contributed by atoms with E-state index < -0.39 is 6.61 Å². The van der Waals surface area contributed by atoms with Gasteiger partial charge in [-0.2, -0.15) is 8.78 Å². The summed E-state index contributed by atoms with van der Waals surface area (Å²) >= 11 is 1.69. The summed E-state index contributed by atoms with van der Waals surface area (Å²) in [5, 5.41) is 6.16. The molecular weight excluding hydrogens is 332 g/mol. The second-order valence-electron chi connectivity index (χ2n) is 5.17. The molecule has 0 aliphatic heterocycles. The maximum absolute atomic E-state index is 12.1. The summed E-state index contributed by atoms with van der Waals surface area (Å²) in [6, 6.07) is 13.8. The highest BCUT2D eigenvalue weighted by Gasteiger charge is 2.08. The number of alkyl halides is 2. The van der Waals surface area contributed by atoms with Crippen molar-refractivity contribution in [2.75, 3.05) is 6.54 Å². The highest BCUT2D eigenvalue weighted by molar-refractivity contribution is 7.17. The van der Waals surface area contributed by atoms with Crippen LogP contribution in [0.1, 0.15) is 15.9 Å². The summed E-state index contributed by atoms with van der Waals surface area (Å²) in [4.78, 5) is 12.1. The lowest BCUT2D eigenvalue weighted by Crippen LogP contribution is -2.25. The molecule has 0 bridgehead atoms. The van der Waals surface area contributed by atoms with Crippen LogP contribution >= 0.6 is 11.3 Å². The third-order valence-electron chi connectivity index (χ3n) is 3.58. The van der Waals surface area contributed by atoms with Crippen molar-refractivity contribution in [1.82, 2.24) is 5.32 Å². The summed E-state index contributed by atoms with van der Waals surface area (Å²) in [7, 11) is 0. The number of nitrogens with one attached hydrogen (secondary N) is 1. The predicted octanol–water partition coefficient (Wildman–Crippen LogP) is 4.48. The van der Waals surface area contributed by atoms with E-state index in [9.17, 15) is 13.6 Å². The standard InChI is InChI=1S/C18H15F2NO2S/c19-18(20)23-14-7-5-12(6-8-14)17(22)21-10-9-13-11-24-16-4-2-1-3-15(13)16/h1-8,11,18H,9-10H2,(H,21,22). The van der Waals surface area contributed by atoms with Gasteiger partial charge in [0.1, 0.15) is 5.75 Å². The SMILES string of the molecule is O=C(NCCc1csc2ccccc12)c1ccc(OC(F)F)cc1. The monoisotopic (exact) mass is 347 g/mol. The molecular formula is C18H15F2NO2S. The average molecular weight is 347 g/mol. The smallest absolute Gasteiger partial charge is 0.387 e. The van der Waals surface area contributed by atoms with E-state index in [1.807, 2.05) is 12.1 Å². The van der Waals surface area contributed by atoms with Crippen molar-refractivity contribution in [1.29, 1.82) is 0 Å². The minimum atomic E-state index is -2.87. The largest absolute Gasteiger partial charge is 0.435 e. The molecule has 3 rings (SSSR count). The molecule has 0 unspecified atom stereocenters. The van der Waals surface area contributed by atoms with Crippen molar-refractivity contribution in [3.05, 3.63) is 65.0 Å². The Hall–Kier alpha value is -2.47. The topological polar surface area (TPSA) is 38.3 Å². The van der Waals surface area contributed by atoms with E-state index in [1.54, 1.807) is 11.3 Å². The van der Waals surface area contributed by atoms with E-state index in [0.717, 1.165) is 6.42 Å². The van der Waals surface area contributed by atoms with Crippen LogP contribution in [0.2, 0.25) is 0 Å². The van der Waals surface area contributed by atoms with E-state index in [0.29, 0.717) is 12.1 Å². The molecule has 1 N–H and O–H groups in total. The Labute approximate surface area is 141 Å². The van der Waals surface area contributed by atoms with Gasteiger partial charge in [-0.1, -0.05) is 18.2 Å². The van der Waals surface area contributed by atoms with Crippen LogP contribution in [-0.2, 0) is 6.42 Å². The van der Waals surface area contributed by atoms with Crippen LogP contribution in [0.4, 0.5) is 8.78 Å². The molecule has 6 heteroatoms. The van der Waals surface area contributed by atoms with Crippen molar-refractivity contribution < 1.29 is 18.3 Å².